The number of H-pyrrole nitrogens is 1. The van der Waals surface area contributed by atoms with Gasteiger partial charge in [-0.25, -0.2) is 4.68 Å². The molecule has 5 heteroatoms. The van der Waals surface area contributed by atoms with Crippen LogP contribution in [0, 0.1) is 13.8 Å². The molecule has 1 heterocycles. The number of nitrogens with one attached hydrogen (secondary N) is 1. The molecule has 3 nitrogen and oxygen atoms in total. The van der Waals surface area contributed by atoms with Gasteiger partial charge in [0.2, 0.25) is 0 Å². The Morgan fingerprint density at radius 2 is 2.12 bits per heavy atom. The van der Waals surface area contributed by atoms with Crippen LogP contribution in [0.25, 0.3) is 0 Å². The van der Waals surface area contributed by atoms with E-state index in [1.807, 2.05) is 25.1 Å². The predicted octanol–water partition coefficient (Wildman–Crippen LogP) is 3.26. The highest BCUT2D eigenvalue weighted by Crippen LogP contribution is 2.17. The molecule has 17 heavy (non-hydrogen) atoms. The van der Waals surface area contributed by atoms with E-state index in [-0.39, 0.29) is 5.56 Å². The molecule has 0 saturated heterocycles. The van der Waals surface area contributed by atoms with Crippen molar-refractivity contribution in [3.05, 3.63) is 54.9 Å². The molecule has 2 aromatic rings. The van der Waals surface area contributed by atoms with Crippen LogP contribution in [0.5, 0.6) is 0 Å². The van der Waals surface area contributed by atoms with Crippen molar-refractivity contribution in [2.45, 2.75) is 20.4 Å². The molecule has 0 aliphatic heterocycles. The highest BCUT2D eigenvalue weighted by atomic mass is 79.9. The summed E-state index contributed by atoms with van der Waals surface area (Å²) < 4.78 is 2.28. The van der Waals surface area contributed by atoms with Crippen LogP contribution >= 0.6 is 27.5 Å². The van der Waals surface area contributed by atoms with Crippen molar-refractivity contribution in [3.8, 4) is 0 Å². The van der Waals surface area contributed by atoms with Crippen molar-refractivity contribution in [3.63, 3.8) is 0 Å². The monoisotopic (exact) mass is 314 g/mol. The third-order valence-corrected chi connectivity index (χ3v) is 3.88. The number of aromatic amines is 1. The second-order valence-corrected chi connectivity index (χ2v) is 5.23. The first-order valence-corrected chi connectivity index (χ1v) is 6.36. The second kappa shape index (κ2) is 4.70. The third-order valence-electron chi connectivity index (χ3n) is 2.71. The van der Waals surface area contributed by atoms with Crippen LogP contribution in [0.1, 0.15) is 16.7 Å². The normalized spacial score (nSPS) is 10.8. The fourth-order valence-corrected chi connectivity index (χ4v) is 2.16. The molecule has 0 aliphatic carbocycles. The molecule has 1 aromatic carbocycles. The number of benzene rings is 1. The summed E-state index contributed by atoms with van der Waals surface area (Å²) >= 11 is 9.35. The van der Waals surface area contributed by atoms with Crippen LogP contribution in [0.4, 0.5) is 0 Å². The van der Waals surface area contributed by atoms with Gasteiger partial charge in [-0.05, 0) is 47.0 Å². The van der Waals surface area contributed by atoms with E-state index in [4.69, 9.17) is 11.6 Å². The zero-order valence-electron chi connectivity index (χ0n) is 9.55. The first kappa shape index (κ1) is 12.5. The van der Waals surface area contributed by atoms with Crippen molar-refractivity contribution in [1.82, 2.24) is 9.78 Å². The number of hydrogen-bond acceptors (Lipinski definition) is 1. The van der Waals surface area contributed by atoms with Gasteiger partial charge in [0.05, 0.1) is 6.54 Å². The number of nitrogens with zero attached hydrogens (tertiary/aromatic N) is 1. The summed E-state index contributed by atoms with van der Waals surface area (Å²) in [7, 11) is 0. The average Bonchev–Trinajstić information content (AvgIpc) is 2.52. The first-order valence-electron chi connectivity index (χ1n) is 5.19. The lowest BCUT2D eigenvalue weighted by Crippen LogP contribution is -2.18. The van der Waals surface area contributed by atoms with Crippen LogP contribution in [0.2, 0.25) is 5.02 Å². The van der Waals surface area contributed by atoms with E-state index < -0.39 is 0 Å². The third kappa shape index (κ3) is 2.48. The average molecular weight is 316 g/mol. The smallest absolute Gasteiger partial charge is 0.270 e. The highest BCUT2D eigenvalue weighted by molar-refractivity contribution is 9.10. The van der Waals surface area contributed by atoms with Gasteiger partial charge in [-0.1, -0.05) is 23.7 Å². The van der Waals surface area contributed by atoms with Gasteiger partial charge in [0.15, 0.2) is 0 Å². The molecule has 0 bridgehead atoms. The van der Waals surface area contributed by atoms with Gasteiger partial charge in [-0.3, -0.25) is 9.89 Å². The maximum atomic E-state index is 11.8. The molecule has 0 radical (unpaired) electrons. The molecule has 1 aromatic heterocycles. The summed E-state index contributed by atoms with van der Waals surface area (Å²) in [6, 6.07) is 5.80. The van der Waals surface area contributed by atoms with E-state index in [1.165, 1.54) is 0 Å². The molecular weight excluding hydrogens is 304 g/mol. The highest BCUT2D eigenvalue weighted by Gasteiger charge is 2.08. The fourth-order valence-electron chi connectivity index (χ4n) is 1.58. The molecule has 2 rings (SSSR count). The molecule has 1 N–H and O–H groups in total. The predicted molar refractivity (Wildman–Crippen MR) is 72.8 cm³/mol. The Morgan fingerprint density at radius 1 is 1.41 bits per heavy atom. The zero-order chi connectivity index (χ0) is 12.6. The maximum absolute atomic E-state index is 11.8. The van der Waals surface area contributed by atoms with E-state index in [0.29, 0.717) is 12.1 Å². The summed E-state index contributed by atoms with van der Waals surface area (Å²) in [5.74, 6) is 0. The van der Waals surface area contributed by atoms with Crippen LogP contribution < -0.4 is 5.56 Å². The summed E-state index contributed by atoms with van der Waals surface area (Å²) in [5, 5.41) is 3.69. The fraction of sp³-hybridized carbons (Fsp3) is 0.250. The Kier molecular flexibility index (Phi) is 3.45. The standard InChI is InChI=1S/C12H12BrClN2O/c1-7-3-4-9(5-10(7)14)6-16-12(17)8(2)11(13)15-16/h3-5,15H,6H2,1-2H3. The Labute approximate surface area is 113 Å². The van der Waals surface area contributed by atoms with Crippen LogP contribution in [-0.2, 0) is 6.54 Å². The SMILES string of the molecule is Cc1ccc(Cn2[nH]c(Br)c(C)c2=O)cc1Cl. The molecule has 0 aliphatic rings. The van der Waals surface area contributed by atoms with E-state index in [0.717, 1.165) is 20.8 Å². The minimum Gasteiger partial charge on any atom is -0.288 e. The molecule has 0 spiro atoms. The van der Waals surface area contributed by atoms with E-state index >= 15 is 0 Å². The number of rotatable bonds is 2. The van der Waals surface area contributed by atoms with Gasteiger partial charge in [-0.2, -0.15) is 0 Å². The lowest BCUT2D eigenvalue weighted by molar-refractivity contribution is 0.659. The molecule has 0 fully saturated rings. The van der Waals surface area contributed by atoms with Crippen LogP contribution in [0.15, 0.2) is 27.6 Å². The Balaban J connectivity index is 2.35. The number of aryl methyl sites for hydroxylation is 1. The summed E-state index contributed by atoms with van der Waals surface area (Å²) in [5.41, 5.74) is 2.69. The zero-order valence-corrected chi connectivity index (χ0v) is 11.9. The molecule has 0 saturated carbocycles. The summed E-state index contributed by atoms with van der Waals surface area (Å²) in [6.07, 6.45) is 0. The van der Waals surface area contributed by atoms with E-state index in [1.54, 1.807) is 11.6 Å². The quantitative estimate of drug-likeness (QED) is 0.907. The van der Waals surface area contributed by atoms with Crippen molar-refractivity contribution >= 4 is 27.5 Å². The van der Waals surface area contributed by atoms with Gasteiger partial charge in [0.1, 0.15) is 4.60 Å². The van der Waals surface area contributed by atoms with Gasteiger partial charge in [0.25, 0.3) is 5.56 Å². The first-order chi connectivity index (χ1) is 7.99. The van der Waals surface area contributed by atoms with Crippen LogP contribution in [-0.4, -0.2) is 9.78 Å². The van der Waals surface area contributed by atoms with E-state index in [9.17, 15) is 4.79 Å². The maximum Gasteiger partial charge on any atom is 0.270 e. The molecule has 0 unspecified atom stereocenters. The minimum atomic E-state index is -0.0198. The Morgan fingerprint density at radius 3 is 2.65 bits per heavy atom. The number of aromatic nitrogens is 2. The van der Waals surface area contributed by atoms with Crippen molar-refractivity contribution in [2.24, 2.45) is 0 Å². The van der Waals surface area contributed by atoms with E-state index in [2.05, 4.69) is 21.0 Å². The molecule has 90 valence electrons. The Hall–Kier alpha value is -1.000. The molecular formula is C12H12BrClN2O. The lowest BCUT2D eigenvalue weighted by atomic mass is 10.1. The molecule has 0 amide bonds. The second-order valence-electron chi connectivity index (χ2n) is 4.03. The lowest BCUT2D eigenvalue weighted by Gasteiger charge is -2.04. The van der Waals surface area contributed by atoms with Crippen molar-refractivity contribution < 1.29 is 0 Å². The van der Waals surface area contributed by atoms with Gasteiger partial charge < -0.3 is 0 Å². The number of halogens is 2. The van der Waals surface area contributed by atoms with Gasteiger partial charge >= 0.3 is 0 Å². The van der Waals surface area contributed by atoms with Crippen LogP contribution in [0.3, 0.4) is 0 Å². The Bertz CT molecular complexity index is 615. The van der Waals surface area contributed by atoms with Gasteiger partial charge in [0, 0.05) is 10.6 Å². The minimum absolute atomic E-state index is 0.0198. The summed E-state index contributed by atoms with van der Waals surface area (Å²) in [6.45, 7) is 4.22. The van der Waals surface area contributed by atoms with Gasteiger partial charge in [-0.15, -0.1) is 0 Å². The number of hydrogen-bond donors (Lipinski definition) is 1. The van der Waals surface area contributed by atoms with Crippen molar-refractivity contribution in [2.75, 3.05) is 0 Å². The largest absolute Gasteiger partial charge is 0.288 e. The van der Waals surface area contributed by atoms with Crippen molar-refractivity contribution in [1.29, 1.82) is 0 Å². The summed E-state index contributed by atoms with van der Waals surface area (Å²) in [4.78, 5) is 11.8. The topological polar surface area (TPSA) is 37.8 Å². The molecule has 0 atom stereocenters.